The molecule has 0 atom stereocenters. The topological polar surface area (TPSA) is 44.5 Å². The molecule has 0 unspecified atom stereocenters. The first-order chi connectivity index (χ1) is 8.65. The summed E-state index contributed by atoms with van der Waals surface area (Å²) in [5.74, 6) is 1.38. The molecule has 2 N–H and O–H groups in total. The van der Waals surface area contributed by atoms with Gasteiger partial charge in [-0.2, -0.15) is 0 Å². The normalized spacial score (nSPS) is 12.2. The molecule has 0 aliphatic rings. The number of hydrogen-bond acceptors (Lipinski definition) is 3. The fourth-order valence-electron chi connectivity index (χ4n) is 1.55. The van der Waals surface area contributed by atoms with E-state index in [1.807, 2.05) is 31.2 Å². The van der Waals surface area contributed by atoms with Crippen molar-refractivity contribution in [3.63, 3.8) is 0 Å². The van der Waals surface area contributed by atoms with E-state index in [4.69, 9.17) is 15.2 Å². The second-order valence-electron chi connectivity index (χ2n) is 3.78. The number of benzene rings is 1. The molecule has 18 heavy (non-hydrogen) atoms. The van der Waals surface area contributed by atoms with Crippen LogP contribution in [0.2, 0.25) is 0 Å². The SMILES string of the molecule is C=C/C(C)=C\C(=C/N)c1ccc(OC)c(OC)c1. The van der Waals surface area contributed by atoms with E-state index >= 15 is 0 Å². The maximum atomic E-state index is 5.66. The molecule has 0 heterocycles. The van der Waals surface area contributed by atoms with Gasteiger partial charge in [0.25, 0.3) is 0 Å². The molecule has 0 aliphatic heterocycles. The highest BCUT2D eigenvalue weighted by molar-refractivity contribution is 5.76. The van der Waals surface area contributed by atoms with Crippen LogP contribution in [-0.4, -0.2) is 14.2 Å². The maximum absolute atomic E-state index is 5.66. The van der Waals surface area contributed by atoms with Crippen LogP contribution < -0.4 is 15.2 Å². The summed E-state index contributed by atoms with van der Waals surface area (Å²) >= 11 is 0. The number of nitrogens with two attached hydrogens (primary N) is 1. The Bertz CT molecular complexity index is 487. The van der Waals surface area contributed by atoms with Gasteiger partial charge in [0, 0.05) is 6.20 Å². The summed E-state index contributed by atoms with van der Waals surface area (Å²) in [7, 11) is 3.22. The van der Waals surface area contributed by atoms with Crippen LogP contribution in [-0.2, 0) is 0 Å². The molecule has 0 spiro atoms. The average molecular weight is 245 g/mol. The van der Waals surface area contributed by atoms with Gasteiger partial charge in [-0.05, 0) is 30.2 Å². The van der Waals surface area contributed by atoms with Crippen molar-refractivity contribution in [2.75, 3.05) is 14.2 Å². The van der Waals surface area contributed by atoms with Gasteiger partial charge in [-0.25, -0.2) is 0 Å². The summed E-state index contributed by atoms with van der Waals surface area (Å²) in [6.07, 6.45) is 5.31. The van der Waals surface area contributed by atoms with Crippen LogP contribution >= 0.6 is 0 Å². The Kier molecular flexibility index (Phi) is 5.06. The van der Waals surface area contributed by atoms with Crippen LogP contribution in [0.3, 0.4) is 0 Å². The van der Waals surface area contributed by atoms with Crippen LogP contribution in [0.1, 0.15) is 12.5 Å². The summed E-state index contributed by atoms with van der Waals surface area (Å²) in [6.45, 7) is 5.69. The van der Waals surface area contributed by atoms with Crippen LogP contribution in [0.5, 0.6) is 11.5 Å². The van der Waals surface area contributed by atoms with E-state index in [-0.39, 0.29) is 0 Å². The quantitative estimate of drug-likeness (QED) is 0.810. The zero-order valence-electron chi connectivity index (χ0n) is 11.1. The third-order valence-electron chi connectivity index (χ3n) is 2.60. The van der Waals surface area contributed by atoms with Crippen molar-refractivity contribution in [2.45, 2.75) is 6.92 Å². The third kappa shape index (κ3) is 3.17. The van der Waals surface area contributed by atoms with Crippen molar-refractivity contribution in [2.24, 2.45) is 5.73 Å². The Balaban J connectivity index is 3.20. The highest BCUT2D eigenvalue weighted by Gasteiger charge is 2.06. The van der Waals surface area contributed by atoms with Gasteiger partial charge in [0.2, 0.25) is 0 Å². The average Bonchev–Trinajstić information content (AvgIpc) is 2.43. The molecule has 1 aromatic rings. The molecular weight excluding hydrogens is 226 g/mol. The molecule has 0 radical (unpaired) electrons. The van der Waals surface area contributed by atoms with Crippen LogP contribution in [0.25, 0.3) is 5.57 Å². The molecule has 96 valence electrons. The summed E-state index contributed by atoms with van der Waals surface area (Å²) in [6, 6.07) is 5.69. The van der Waals surface area contributed by atoms with E-state index in [0.717, 1.165) is 16.7 Å². The zero-order valence-corrected chi connectivity index (χ0v) is 11.1. The second kappa shape index (κ2) is 6.55. The highest BCUT2D eigenvalue weighted by atomic mass is 16.5. The summed E-state index contributed by atoms with van der Waals surface area (Å²) in [5, 5.41) is 0. The van der Waals surface area contributed by atoms with Crippen molar-refractivity contribution in [3.05, 3.63) is 54.3 Å². The predicted molar refractivity (Wildman–Crippen MR) is 75.7 cm³/mol. The van der Waals surface area contributed by atoms with E-state index in [2.05, 4.69) is 6.58 Å². The lowest BCUT2D eigenvalue weighted by atomic mass is 10.0. The van der Waals surface area contributed by atoms with Gasteiger partial charge in [0.05, 0.1) is 14.2 Å². The highest BCUT2D eigenvalue weighted by Crippen LogP contribution is 2.30. The van der Waals surface area contributed by atoms with E-state index < -0.39 is 0 Å². The van der Waals surface area contributed by atoms with E-state index in [1.54, 1.807) is 26.5 Å². The Morgan fingerprint density at radius 3 is 2.39 bits per heavy atom. The Hall–Kier alpha value is -2.16. The van der Waals surface area contributed by atoms with Crippen molar-refractivity contribution in [1.82, 2.24) is 0 Å². The van der Waals surface area contributed by atoms with Crippen molar-refractivity contribution in [3.8, 4) is 11.5 Å². The number of allylic oxidation sites excluding steroid dienone is 4. The monoisotopic (exact) mass is 245 g/mol. The van der Waals surface area contributed by atoms with Crippen molar-refractivity contribution >= 4 is 5.57 Å². The Labute approximate surface area is 108 Å². The van der Waals surface area contributed by atoms with Gasteiger partial charge >= 0.3 is 0 Å². The molecule has 1 rings (SSSR count). The van der Waals surface area contributed by atoms with Crippen molar-refractivity contribution < 1.29 is 9.47 Å². The first-order valence-corrected chi connectivity index (χ1v) is 5.61. The lowest BCUT2D eigenvalue weighted by Crippen LogP contribution is -1.93. The summed E-state index contributed by atoms with van der Waals surface area (Å²) in [4.78, 5) is 0. The first-order valence-electron chi connectivity index (χ1n) is 5.61. The second-order valence-corrected chi connectivity index (χ2v) is 3.78. The molecule has 0 aromatic heterocycles. The number of methoxy groups -OCH3 is 2. The molecule has 1 aromatic carbocycles. The van der Waals surface area contributed by atoms with Crippen LogP contribution in [0.4, 0.5) is 0 Å². The number of rotatable bonds is 5. The Morgan fingerprint density at radius 2 is 1.89 bits per heavy atom. The molecule has 0 bridgehead atoms. The minimum atomic E-state index is 0.680. The molecule has 0 amide bonds. The van der Waals surface area contributed by atoms with E-state index in [0.29, 0.717) is 11.5 Å². The molecule has 0 aliphatic carbocycles. The first kappa shape index (κ1) is 13.9. The fourth-order valence-corrected chi connectivity index (χ4v) is 1.55. The van der Waals surface area contributed by atoms with Crippen molar-refractivity contribution in [1.29, 1.82) is 0 Å². The Morgan fingerprint density at radius 1 is 1.22 bits per heavy atom. The van der Waals surface area contributed by atoms with E-state index in [9.17, 15) is 0 Å². The standard InChI is InChI=1S/C15H19NO2/c1-5-11(2)8-13(10-16)12-6-7-14(17-3)15(9-12)18-4/h5-10H,1,16H2,2-4H3/b11-8-,13-10+. The zero-order chi connectivity index (χ0) is 13.5. The minimum Gasteiger partial charge on any atom is -0.493 e. The largest absolute Gasteiger partial charge is 0.493 e. The van der Waals surface area contributed by atoms with Gasteiger partial charge in [-0.1, -0.05) is 30.4 Å². The minimum absolute atomic E-state index is 0.680. The van der Waals surface area contributed by atoms with Gasteiger partial charge < -0.3 is 15.2 Å². The molecule has 0 fully saturated rings. The molecule has 3 heteroatoms. The van der Waals surface area contributed by atoms with Crippen LogP contribution in [0, 0.1) is 0 Å². The van der Waals surface area contributed by atoms with Gasteiger partial charge in [0.1, 0.15) is 0 Å². The lowest BCUT2D eigenvalue weighted by Gasteiger charge is -2.10. The van der Waals surface area contributed by atoms with Gasteiger partial charge in [0.15, 0.2) is 11.5 Å². The lowest BCUT2D eigenvalue weighted by molar-refractivity contribution is 0.355. The number of ether oxygens (including phenoxy) is 2. The smallest absolute Gasteiger partial charge is 0.161 e. The van der Waals surface area contributed by atoms with Crippen LogP contribution in [0.15, 0.2) is 48.7 Å². The number of hydrogen-bond donors (Lipinski definition) is 1. The molecular formula is C15H19NO2. The summed E-state index contributed by atoms with van der Waals surface area (Å²) < 4.78 is 10.5. The molecule has 3 nitrogen and oxygen atoms in total. The van der Waals surface area contributed by atoms with Gasteiger partial charge in [-0.3, -0.25) is 0 Å². The van der Waals surface area contributed by atoms with E-state index in [1.165, 1.54) is 0 Å². The maximum Gasteiger partial charge on any atom is 0.161 e. The molecule has 0 saturated heterocycles. The molecule has 0 saturated carbocycles. The predicted octanol–water partition coefficient (Wildman–Crippen LogP) is 3.14. The van der Waals surface area contributed by atoms with Gasteiger partial charge in [-0.15, -0.1) is 0 Å². The summed E-state index contributed by atoms with van der Waals surface area (Å²) in [5.41, 5.74) is 8.58. The third-order valence-corrected chi connectivity index (χ3v) is 2.60. The fraction of sp³-hybridized carbons (Fsp3) is 0.200.